The highest BCUT2D eigenvalue weighted by molar-refractivity contribution is 7.91. The van der Waals surface area contributed by atoms with Crippen LogP contribution in [0.5, 0.6) is 0 Å². The Bertz CT molecular complexity index is 277. The molecule has 62 valence electrons. The average molecular weight is 175 g/mol. The van der Waals surface area contributed by atoms with E-state index in [0.717, 1.165) is 0 Å². The summed E-state index contributed by atoms with van der Waals surface area (Å²) in [6.45, 7) is 0. The molecule has 1 N–H and O–H groups in total. The first-order valence-electron chi connectivity index (χ1n) is 3.33. The molecule has 0 amide bonds. The molecule has 0 spiro atoms. The highest BCUT2D eigenvalue weighted by atomic mass is 32.2. The zero-order valence-corrected chi connectivity index (χ0v) is 6.71. The van der Waals surface area contributed by atoms with Gasteiger partial charge in [-0.2, -0.15) is 5.26 Å². The third-order valence-electron chi connectivity index (χ3n) is 1.79. The molecule has 1 saturated heterocycles. The van der Waals surface area contributed by atoms with Gasteiger partial charge in [0.25, 0.3) is 0 Å². The molecule has 1 aliphatic heterocycles. The SMILES string of the molecule is N#C[C@H]1CS(=O)(=O)CC[C@H]1O. The zero-order valence-electron chi connectivity index (χ0n) is 5.90. The van der Waals surface area contributed by atoms with Crippen molar-refractivity contribution in [3.63, 3.8) is 0 Å². The van der Waals surface area contributed by atoms with Crippen molar-refractivity contribution in [3.05, 3.63) is 0 Å². The van der Waals surface area contributed by atoms with Crippen LogP contribution in [-0.2, 0) is 9.84 Å². The molecule has 1 fully saturated rings. The minimum absolute atomic E-state index is 0.00630. The number of nitriles is 1. The summed E-state index contributed by atoms with van der Waals surface area (Å²) in [6.07, 6.45) is -0.566. The van der Waals surface area contributed by atoms with Gasteiger partial charge < -0.3 is 5.11 Å². The van der Waals surface area contributed by atoms with Gasteiger partial charge in [-0.15, -0.1) is 0 Å². The molecule has 2 atom stereocenters. The van der Waals surface area contributed by atoms with Crippen molar-refractivity contribution in [1.82, 2.24) is 0 Å². The number of aliphatic hydroxyl groups excluding tert-OH is 1. The Morgan fingerprint density at radius 1 is 1.55 bits per heavy atom. The number of aliphatic hydroxyl groups is 1. The monoisotopic (exact) mass is 175 g/mol. The Kier molecular flexibility index (Phi) is 2.16. The fourth-order valence-electron chi connectivity index (χ4n) is 1.09. The summed E-state index contributed by atoms with van der Waals surface area (Å²) >= 11 is 0. The van der Waals surface area contributed by atoms with Crippen LogP contribution in [0.1, 0.15) is 6.42 Å². The fourth-order valence-corrected chi connectivity index (χ4v) is 2.70. The maximum absolute atomic E-state index is 10.9. The van der Waals surface area contributed by atoms with E-state index >= 15 is 0 Å². The first kappa shape index (κ1) is 8.50. The van der Waals surface area contributed by atoms with Crippen molar-refractivity contribution >= 4 is 9.84 Å². The van der Waals surface area contributed by atoms with E-state index in [4.69, 9.17) is 10.4 Å². The molecule has 11 heavy (non-hydrogen) atoms. The summed E-state index contributed by atoms with van der Waals surface area (Å²) in [6, 6.07) is 1.78. The molecule has 4 nitrogen and oxygen atoms in total. The smallest absolute Gasteiger partial charge is 0.151 e. The molecule has 0 aliphatic carbocycles. The molecule has 5 heteroatoms. The average Bonchev–Trinajstić information content (AvgIpc) is 1.94. The van der Waals surface area contributed by atoms with Crippen LogP contribution in [0.4, 0.5) is 0 Å². The number of sulfone groups is 1. The van der Waals surface area contributed by atoms with Gasteiger partial charge in [-0.3, -0.25) is 0 Å². The Morgan fingerprint density at radius 2 is 2.18 bits per heavy atom. The first-order valence-corrected chi connectivity index (χ1v) is 5.15. The fraction of sp³-hybridized carbons (Fsp3) is 0.833. The molecule has 1 aliphatic rings. The van der Waals surface area contributed by atoms with Crippen molar-refractivity contribution < 1.29 is 13.5 Å². The van der Waals surface area contributed by atoms with Crippen LogP contribution >= 0.6 is 0 Å². The Morgan fingerprint density at radius 3 is 2.64 bits per heavy atom. The lowest BCUT2D eigenvalue weighted by Crippen LogP contribution is -2.35. The topological polar surface area (TPSA) is 78.2 Å². The number of hydrogen-bond donors (Lipinski definition) is 1. The van der Waals surface area contributed by atoms with Crippen molar-refractivity contribution in [2.24, 2.45) is 5.92 Å². The summed E-state index contributed by atoms with van der Waals surface area (Å²) in [5, 5.41) is 17.5. The molecule has 1 rings (SSSR count). The van der Waals surface area contributed by atoms with Gasteiger partial charge in [-0.1, -0.05) is 0 Å². The molecule has 0 radical (unpaired) electrons. The standard InChI is InChI=1S/C6H9NO3S/c7-3-5-4-11(9,10)2-1-6(5)8/h5-6,8H,1-2,4H2/t5-,6+/m0/s1. The highest BCUT2D eigenvalue weighted by Gasteiger charge is 2.31. The molecule has 0 saturated carbocycles. The summed E-state index contributed by atoms with van der Waals surface area (Å²) in [7, 11) is -3.06. The van der Waals surface area contributed by atoms with E-state index < -0.39 is 21.9 Å². The predicted molar refractivity (Wildman–Crippen MR) is 38.4 cm³/mol. The first-order chi connectivity index (χ1) is 5.05. The van der Waals surface area contributed by atoms with Crippen LogP contribution in [0.15, 0.2) is 0 Å². The minimum atomic E-state index is -3.06. The summed E-state index contributed by atoms with van der Waals surface area (Å²) < 4.78 is 21.8. The van der Waals surface area contributed by atoms with Crippen molar-refractivity contribution in [2.45, 2.75) is 12.5 Å². The molecule has 0 bridgehead atoms. The Hall–Kier alpha value is -0.600. The highest BCUT2D eigenvalue weighted by Crippen LogP contribution is 2.17. The van der Waals surface area contributed by atoms with Crippen molar-refractivity contribution in [2.75, 3.05) is 11.5 Å². The maximum Gasteiger partial charge on any atom is 0.151 e. The van der Waals surface area contributed by atoms with Gasteiger partial charge in [-0.05, 0) is 6.42 Å². The second-order valence-electron chi connectivity index (χ2n) is 2.71. The van der Waals surface area contributed by atoms with Crippen LogP contribution in [0.3, 0.4) is 0 Å². The largest absolute Gasteiger partial charge is 0.392 e. The lowest BCUT2D eigenvalue weighted by molar-refractivity contribution is 0.133. The lowest BCUT2D eigenvalue weighted by atomic mass is 10.0. The van der Waals surface area contributed by atoms with Crippen LogP contribution in [-0.4, -0.2) is 31.1 Å². The van der Waals surface area contributed by atoms with Gasteiger partial charge in [-0.25, -0.2) is 8.42 Å². The van der Waals surface area contributed by atoms with Crippen molar-refractivity contribution in [3.8, 4) is 6.07 Å². The predicted octanol–water partition coefficient (Wildman–Crippen LogP) is -0.694. The van der Waals surface area contributed by atoms with Gasteiger partial charge in [0.1, 0.15) is 0 Å². The Balaban J connectivity index is 2.76. The molecule has 1 heterocycles. The number of rotatable bonds is 0. The zero-order chi connectivity index (χ0) is 8.48. The quantitative estimate of drug-likeness (QED) is 0.528. The molecule has 0 aromatic carbocycles. The van der Waals surface area contributed by atoms with E-state index in [0.29, 0.717) is 0 Å². The second-order valence-corrected chi connectivity index (χ2v) is 4.93. The van der Waals surface area contributed by atoms with E-state index in [1.807, 2.05) is 0 Å². The molecular weight excluding hydrogens is 166 g/mol. The second kappa shape index (κ2) is 2.80. The number of hydrogen-bond acceptors (Lipinski definition) is 4. The molecule has 0 unspecified atom stereocenters. The van der Waals surface area contributed by atoms with E-state index in [-0.39, 0.29) is 17.9 Å². The van der Waals surface area contributed by atoms with Crippen LogP contribution < -0.4 is 0 Å². The van der Waals surface area contributed by atoms with Crippen molar-refractivity contribution in [1.29, 1.82) is 5.26 Å². The third kappa shape index (κ3) is 1.91. The molecule has 0 aromatic heterocycles. The van der Waals surface area contributed by atoms with E-state index in [1.165, 1.54) is 0 Å². The van der Waals surface area contributed by atoms with Gasteiger partial charge in [0.2, 0.25) is 0 Å². The van der Waals surface area contributed by atoms with Crippen LogP contribution in [0, 0.1) is 17.2 Å². The van der Waals surface area contributed by atoms with Gasteiger partial charge in [0.15, 0.2) is 9.84 Å². The minimum Gasteiger partial charge on any atom is -0.392 e. The summed E-state index contributed by atoms with van der Waals surface area (Å²) in [5.41, 5.74) is 0. The number of nitrogens with zero attached hydrogens (tertiary/aromatic N) is 1. The third-order valence-corrected chi connectivity index (χ3v) is 3.51. The van der Waals surface area contributed by atoms with E-state index in [1.54, 1.807) is 6.07 Å². The van der Waals surface area contributed by atoms with Gasteiger partial charge in [0, 0.05) is 0 Å². The normalized spacial score (nSPS) is 36.0. The van der Waals surface area contributed by atoms with E-state index in [2.05, 4.69) is 0 Å². The van der Waals surface area contributed by atoms with Gasteiger partial charge in [0.05, 0.1) is 29.6 Å². The Labute approximate surface area is 65.4 Å². The van der Waals surface area contributed by atoms with Crippen LogP contribution in [0.25, 0.3) is 0 Å². The lowest BCUT2D eigenvalue weighted by Gasteiger charge is -2.21. The van der Waals surface area contributed by atoms with E-state index in [9.17, 15) is 8.42 Å². The van der Waals surface area contributed by atoms with Gasteiger partial charge >= 0.3 is 0 Å². The maximum atomic E-state index is 10.9. The molecule has 0 aromatic rings. The summed E-state index contributed by atoms with van der Waals surface area (Å²) in [5.74, 6) is -0.912. The van der Waals surface area contributed by atoms with Crippen LogP contribution in [0.2, 0.25) is 0 Å². The summed E-state index contributed by atoms with van der Waals surface area (Å²) in [4.78, 5) is 0. The molecular formula is C6H9NO3S.